The predicted molar refractivity (Wildman–Crippen MR) is 112 cm³/mol. The monoisotopic (exact) mass is 394 g/mol. The lowest BCUT2D eigenvalue weighted by atomic mass is 10.1. The van der Waals surface area contributed by atoms with Gasteiger partial charge in [0.1, 0.15) is 17.3 Å². The van der Waals surface area contributed by atoms with Gasteiger partial charge in [-0.15, -0.1) is 0 Å². The van der Waals surface area contributed by atoms with Crippen LogP contribution in [-0.4, -0.2) is 32.5 Å². The average Bonchev–Trinajstić information content (AvgIpc) is 2.67. The van der Waals surface area contributed by atoms with E-state index in [0.29, 0.717) is 34.6 Å². The smallest absolute Gasteiger partial charge is 0.296 e. The summed E-state index contributed by atoms with van der Waals surface area (Å²) in [5, 5.41) is 17.7. The summed E-state index contributed by atoms with van der Waals surface area (Å²) in [5.74, 6) is 1.19. The van der Waals surface area contributed by atoms with Crippen LogP contribution in [0, 0.1) is 10.1 Å². The fourth-order valence-corrected chi connectivity index (χ4v) is 2.58. The predicted octanol–water partition coefficient (Wildman–Crippen LogP) is 4.41. The second-order valence-corrected chi connectivity index (χ2v) is 7.32. The number of nitro benzene ring substituents is 1. The highest BCUT2D eigenvalue weighted by Gasteiger charge is 2.18. The van der Waals surface area contributed by atoms with Gasteiger partial charge < -0.3 is 15.4 Å². The molecule has 9 heteroatoms. The second-order valence-electron chi connectivity index (χ2n) is 7.32. The van der Waals surface area contributed by atoms with E-state index in [1.807, 2.05) is 39.0 Å². The van der Waals surface area contributed by atoms with Gasteiger partial charge in [0.2, 0.25) is 5.95 Å². The molecule has 1 aromatic carbocycles. The first-order valence-electron chi connectivity index (χ1n) is 8.93. The Labute approximate surface area is 168 Å². The molecule has 0 saturated heterocycles. The van der Waals surface area contributed by atoms with Gasteiger partial charge in [0.15, 0.2) is 0 Å². The van der Waals surface area contributed by atoms with Gasteiger partial charge in [-0.1, -0.05) is 6.07 Å². The maximum Gasteiger partial charge on any atom is 0.296 e. The lowest BCUT2D eigenvalue weighted by Crippen LogP contribution is -2.27. The van der Waals surface area contributed by atoms with Crippen molar-refractivity contribution < 1.29 is 9.66 Å². The summed E-state index contributed by atoms with van der Waals surface area (Å²) in [6, 6.07) is 11.8. The molecule has 2 heterocycles. The summed E-state index contributed by atoms with van der Waals surface area (Å²) in [6.45, 7) is 5.97. The van der Waals surface area contributed by atoms with E-state index in [9.17, 15) is 10.1 Å². The number of ether oxygens (including phenoxy) is 1. The summed E-state index contributed by atoms with van der Waals surface area (Å²) in [7, 11) is 1.46. The van der Waals surface area contributed by atoms with Gasteiger partial charge in [-0.3, -0.25) is 15.1 Å². The minimum Gasteiger partial charge on any atom is -0.496 e. The molecule has 2 aromatic heterocycles. The molecular weight excluding hydrogens is 372 g/mol. The van der Waals surface area contributed by atoms with Crippen LogP contribution in [0.5, 0.6) is 5.75 Å². The summed E-state index contributed by atoms with van der Waals surface area (Å²) in [6.07, 6.45) is 1.68. The van der Waals surface area contributed by atoms with E-state index in [1.54, 1.807) is 24.4 Å². The largest absolute Gasteiger partial charge is 0.496 e. The summed E-state index contributed by atoms with van der Waals surface area (Å²) >= 11 is 0. The van der Waals surface area contributed by atoms with Crippen LogP contribution < -0.4 is 15.4 Å². The number of anilines is 3. The first-order chi connectivity index (χ1) is 13.7. The van der Waals surface area contributed by atoms with Gasteiger partial charge in [-0.25, -0.2) is 4.98 Å². The number of aromatic nitrogens is 3. The molecule has 9 nitrogen and oxygen atoms in total. The van der Waals surface area contributed by atoms with Crippen LogP contribution in [0.1, 0.15) is 20.8 Å². The minimum absolute atomic E-state index is 0.118. The van der Waals surface area contributed by atoms with E-state index in [1.165, 1.54) is 13.2 Å². The highest BCUT2D eigenvalue weighted by molar-refractivity contribution is 5.72. The molecular formula is C20H22N6O3. The van der Waals surface area contributed by atoms with Crippen LogP contribution in [0.25, 0.3) is 11.4 Å². The Bertz CT molecular complexity index is 1020. The topological polar surface area (TPSA) is 115 Å². The van der Waals surface area contributed by atoms with Crippen molar-refractivity contribution in [1.82, 2.24) is 15.0 Å². The van der Waals surface area contributed by atoms with Gasteiger partial charge in [0.25, 0.3) is 5.69 Å². The zero-order chi connectivity index (χ0) is 21.0. The number of benzene rings is 1. The highest BCUT2D eigenvalue weighted by Crippen LogP contribution is 2.32. The number of pyridine rings is 1. The van der Waals surface area contributed by atoms with Gasteiger partial charge in [0.05, 0.1) is 29.5 Å². The normalized spacial score (nSPS) is 11.0. The molecule has 0 unspecified atom stereocenters. The van der Waals surface area contributed by atoms with E-state index in [-0.39, 0.29) is 11.2 Å². The van der Waals surface area contributed by atoms with Crippen molar-refractivity contribution in [2.45, 2.75) is 26.3 Å². The molecule has 150 valence electrons. The van der Waals surface area contributed by atoms with Gasteiger partial charge >= 0.3 is 0 Å². The standard InChI is InChI=1S/C20H22N6O3/c1-20(2,3)25-19-23-16(14-7-5-6-10-21-14)12-18(24-19)22-15-9-8-13(29-4)11-17(15)26(27)28/h5-12H,1-4H3,(H2,22,23,24,25). The quantitative estimate of drug-likeness (QED) is 0.467. The minimum atomic E-state index is -0.472. The van der Waals surface area contributed by atoms with Crippen LogP contribution in [0.3, 0.4) is 0 Å². The molecule has 0 radical (unpaired) electrons. The fraction of sp³-hybridized carbons (Fsp3) is 0.250. The molecule has 0 aliphatic heterocycles. The number of nitro groups is 1. The Hall–Kier alpha value is -3.75. The first-order valence-corrected chi connectivity index (χ1v) is 8.93. The van der Waals surface area contributed by atoms with Gasteiger partial charge in [-0.05, 0) is 45.0 Å². The molecule has 2 N–H and O–H groups in total. The van der Waals surface area contributed by atoms with E-state index < -0.39 is 4.92 Å². The molecule has 3 rings (SSSR count). The molecule has 0 spiro atoms. The summed E-state index contributed by atoms with van der Waals surface area (Å²) < 4.78 is 5.09. The van der Waals surface area contributed by atoms with Crippen LogP contribution in [-0.2, 0) is 0 Å². The molecule has 0 fully saturated rings. The average molecular weight is 394 g/mol. The Kier molecular flexibility index (Phi) is 5.58. The van der Waals surface area contributed by atoms with E-state index in [4.69, 9.17) is 4.74 Å². The molecule has 0 amide bonds. The number of nitrogens with zero attached hydrogens (tertiary/aromatic N) is 4. The van der Waals surface area contributed by atoms with Crippen molar-refractivity contribution in [2.75, 3.05) is 17.7 Å². The van der Waals surface area contributed by atoms with Crippen LogP contribution in [0.4, 0.5) is 23.1 Å². The maximum absolute atomic E-state index is 11.5. The fourth-order valence-electron chi connectivity index (χ4n) is 2.58. The molecule has 0 bridgehead atoms. The summed E-state index contributed by atoms with van der Waals surface area (Å²) in [4.78, 5) is 24.3. The Morgan fingerprint density at radius 1 is 1.07 bits per heavy atom. The Morgan fingerprint density at radius 2 is 1.86 bits per heavy atom. The first kappa shape index (κ1) is 20.0. The molecule has 0 aliphatic rings. The Morgan fingerprint density at radius 3 is 2.48 bits per heavy atom. The number of hydrogen-bond acceptors (Lipinski definition) is 8. The molecule has 29 heavy (non-hydrogen) atoms. The van der Waals surface area contributed by atoms with Crippen molar-refractivity contribution in [1.29, 1.82) is 0 Å². The molecule has 0 atom stereocenters. The number of rotatable bonds is 6. The van der Waals surface area contributed by atoms with Crippen LogP contribution in [0.15, 0.2) is 48.7 Å². The third kappa shape index (κ3) is 5.16. The number of hydrogen-bond donors (Lipinski definition) is 2. The van der Waals surface area contributed by atoms with E-state index in [0.717, 1.165) is 0 Å². The zero-order valence-electron chi connectivity index (χ0n) is 16.6. The van der Waals surface area contributed by atoms with Crippen molar-refractivity contribution in [3.63, 3.8) is 0 Å². The van der Waals surface area contributed by atoms with Crippen molar-refractivity contribution >= 4 is 23.1 Å². The zero-order valence-corrected chi connectivity index (χ0v) is 16.6. The van der Waals surface area contributed by atoms with E-state index in [2.05, 4.69) is 25.6 Å². The van der Waals surface area contributed by atoms with E-state index >= 15 is 0 Å². The highest BCUT2D eigenvalue weighted by atomic mass is 16.6. The number of nitrogens with one attached hydrogen (secondary N) is 2. The molecule has 0 saturated carbocycles. The van der Waals surface area contributed by atoms with Crippen LogP contribution >= 0.6 is 0 Å². The Balaban J connectivity index is 2.05. The van der Waals surface area contributed by atoms with Crippen molar-refractivity contribution in [3.8, 4) is 17.1 Å². The third-order valence-corrected chi connectivity index (χ3v) is 3.80. The lowest BCUT2D eigenvalue weighted by molar-refractivity contribution is -0.384. The molecule has 0 aliphatic carbocycles. The lowest BCUT2D eigenvalue weighted by Gasteiger charge is -2.21. The third-order valence-electron chi connectivity index (χ3n) is 3.80. The maximum atomic E-state index is 11.5. The second kappa shape index (κ2) is 8.09. The van der Waals surface area contributed by atoms with Gasteiger partial charge in [0, 0.05) is 17.8 Å². The van der Waals surface area contributed by atoms with Crippen molar-refractivity contribution in [3.05, 3.63) is 58.8 Å². The SMILES string of the molecule is COc1ccc(Nc2cc(-c3ccccn3)nc(NC(C)(C)C)n2)c([N+](=O)[O-])c1. The number of methoxy groups -OCH3 is 1. The summed E-state index contributed by atoms with van der Waals surface area (Å²) in [5.41, 5.74) is 1.16. The van der Waals surface area contributed by atoms with Gasteiger partial charge in [-0.2, -0.15) is 4.98 Å². The van der Waals surface area contributed by atoms with Crippen LogP contribution in [0.2, 0.25) is 0 Å². The van der Waals surface area contributed by atoms with Crippen molar-refractivity contribution in [2.24, 2.45) is 0 Å². The molecule has 3 aromatic rings.